The van der Waals surface area contributed by atoms with Gasteiger partial charge in [0.15, 0.2) is 4.34 Å². The molecule has 0 aliphatic heterocycles. The summed E-state index contributed by atoms with van der Waals surface area (Å²) in [5, 5.41) is 11.1. The van der Waals surface area contributed by atoms with Crippen LogP contribution in [-0.2, 0) is 0 Å². The summed E-state index contributed by atoms with van der Waals surface area (Å²) in [6.07, 6.45) is 1.82. The molecule has 110 valence electrons. The van der Waals surface area contributed by atoms with Gasteiger partial charge >= 0.3 is 0 Å². The fourth-order valence-corrected chi connectivity index (χ4v) is 4.06. The van der Waals surface area contributed by atoms with E-state index in [1.807, 2.05) is 36.5 Å². The van der Waals surface area contributed by atoms with Crippen LogP contribution in [0.1, 0.15) is 0 Å². The van der Waals surface area contributed by atoms with Gasteiger partial charge in [0.1, 0.15) is 0 Å². The average Bonchev–Trinajstić information content (AvgIpc) is 2.98. The topological polar surface area (TPSA) is 56.0 Å². The Morgan fingerprint density at radius 1 is 1.18 bits per heavy atom. The summed E-state index contributed by atoms with van der Waals surface area (Å²) in [5.41, 5.74) is 1.10. The maximum absolute atomic E-state index is 10.7. The van der Waals surface area contributed by atoms with E-state index in [4.69, 9.17) is 11.6 Å². The van der Waals surface area contributed by atoms with E-state index in [0.29, 0.717) is 5.02 Å². The number of non-ortho nitro benzene ring substituents is 1. The number of aromatic nitrogens is 1. The Balaban J connectivity index is 1.82. The SMILES string of the molecule is O=[N+]([O-])c1ccc(Sc2ncc(-c3ccccc3)s2)c(Cl)c1. The Bertz CT molecular complexity index is 821. The summed E-state index contributed by atoms with van der Waals surface area (Å²) in [6.45, 7) is 0. The summed E-state index contributed by atoms with van der Waals surface area (Å²) in [6, 6.07) is 14.4. The van der Waals surface area contributed by atoms with Crippen LogP contribution in [0.3, 0.4) is 0 Å². The zero-order chi connectivity index (χ0) is 15.5. The van der Waals surface area contributed by atoms with Crippen LogP contribution in [0, 0.1) is 10.1 Å². The molecule has 7 heteroatoms. The summed E-state index contributed by atoms with van der Waals surface area (Å²) in [7, 11) is 0. The number of nitro benzene ring substituents is 1. The third-order valence-corrected chi connectivity index (χ3v) is 5.49. The Hall–Kier alpha value is -1.89. The van der Waals surface area contributed by atoms with Crippen LogP contribution in [-0.4, -0.2) is 9.91 Å². The molecule has 0 aliphatic carbocycles. The van der Waals surface area contributed by atoms with Crippen molar-refractivity contribution in [2.24, 2.45) is 0 Å². The van der Waals surface area contributed by atoms with Crippen molar-refractivity contribution < 1.29 is 4.92 Å². The lowest BCUT2D eigenvalue weighted by Gasteiger charge is -2.01. The number of halogens is 1. The molecule has 0 N–H and O–H groups in total. The highest BCUT2D eigenvalue weighted by Gasteiger charge is 2.12. The lowest BCUT2D eigenvalue weighted by atomic mass is 10.2. The molecule has 22 heavy (non-hydrogen) atoms. The molecular formula is C15H9ClN2O2S2. The van der Waals surface area contributed by atoms with E-state index >= 15 is 0 Å². The van der Waals surface area contributed by atoms with Crippen LogP contribution in [0.5, 0.6) is 0 Å². The molecule has 0 radical (unpaired) electrons. The van der Waals surface area contributed by atoms with E-state index < -0.39 is 4.92 Å². The molecule has 0 atom stereocenters. The highest BCUT2D eigenvalue weighted by Crippen LogP contribution is 2.39. The maximum atomic E-state index is 10.7. The van der Waals surface area contributed by atoms with Gasteiger partial charge in [-0.25, -0.2) is 4.98 Å². The molecule has 0 bridgehead atoms. The average molecular weight is 349 g/mol. The first-order valence-electron chi connectivity index (χ1n) is 6.26. The van der Waals surface area contributed by atoms with Crippen LogP contribution < -0.4 is 0 Å². The van der Waals surface area contributed by atoms with Crippen molar-refractivity contribution in [2.45, 2.75) is 9.24 Å². The highest BCUT2D eigenvalue weighted by atomic mass is 35.5. The van der Waals surface area contributed by atoms with Crippen LogP contribution in [0.2, 0.25) is 5.02 Å². The number of benzene rings is 2. The predicted octanol–water partition coefficient (Wildman–Crippen LogP) is 5.52. The number of nitro groups is 1. The predicted molar refractivity (Wildman–Crippen MR) is 89.8 cm³/mol. The van der Waals surface area contributed by atoms with Gasteiger partial charge in [0.2, 0.25) is 0 Å². The summed E-state index contributed by atoms with van der Waals surface area (Å²) >= 11 is 9.06. The quantitative estimate of drug-likeness (QED) is 0.460. The molecule has 0 spiro atoms. The van der Waals surface area contributed by atoms with Gasteiger partial charge in [0, 0.05) is 23.2 Å². The smallest absolute Gasteiger partial charge is 0.258 e. The number of nitrogens with zero attached hydrogens (tertiary/aromatic N) is 2. The largest absolute Gasteiger partial charge is 0.270 e. The molecule has 1 heterocycles. The summed E-state index contributed by atoms with van der Waals surface area (Å²) < 4.78 is 0.842. The Labute approximate surface area is 139 Å². The highest BCUT2D eigenvalue weighted by molar-refractivity contribution is 8.01. The molecule has 0 aliphatic rings. The fraction of sp³-hybridized carbons (Fsp3) is 0. The van der Waals surface area contributed by atoms with Gasteiger partial charge in [-0.2, -0.15) is 0 Å². The van der Waals surface area contributed by atoms with Gasteiger partial charge in [-0.3, -0.25) is 10.1 Å². The summed E-state index contributed by atoms with van der Waals surface area (Å²) in [4.78, 5) is 16.4. The minimum Gasteiger partial charge on any atom is -0.258 e. The van der Waals surface area contributed by atoms with Gasteiger partial charge in [-0.15, -0.1) is 11.3 Å². The number of rotatable bonds is 4. The van der Waals surface area contributed by atoms with Crippen molar-refractivity contribution in [3.63, 3.8) is 0 Å². The van der Waals surface area contributed by atoms with Crippen LogP contribution >= 0.6 is 34.7 Å². The first-order chi connectivity index (χ1) is 10.6. The normalized spacial score (nSPS) is 10.6. The Kier molecular flexibility index (Phi) is 4.42. The van der Waals surface area contributed by atoms with E-state index in [1.165, 1.54) is 23.9 Å². The first-order valence-corrected chi connectivity index (χ1v) is 8.27. The minimum atomic E-state index is -0.461. The van der Waals surface area contributed by atoms with Gasteiger partial charge in [0.05, 0.1) is 14.8 Å². The molecule has 0 unspecified atom stereocenters. The zero-order valence-corrected chi connectivity index (χ0v) is 13.5. The third-order valence-electron chi connectivity index (χ3n) is 2.87. The number of hydrogen-bond acceptors (Lipinski definition) is 5. The molecule has 0 amide bonds. The van der Waals surface area contributed by atoms with E-state index in [-0.39, 0.29) is 5.69 Å². The standard InChI is InChI=1S/C15H9ClN2O2S2/c16-12-8-11(18(19)20)6-7-13(12)21-15-17-9-14(22-15)10-4-2-1-3-5-10/h1-9H. The van der Waals surface area contributed by atoms with E-state index in [2.05, 4.69) is 4.98 Å². The van der Waals surface area contributed by atoms with Gasteiger partial charge in [-0.1, -0.05) is 53.7 Å². The maximum Gasteiger partial charge on any atom is 0.270 e. The lowest BCUT2D eigenvalue weighted by Crippen LogP contribution is -1.87. The first kappa shape index (κ1) is 15.0. The minimum absolute atomic E-state index is 0.0153. The molecule has 0 saturated heterocycles. The lowest BCUT2D eigenvalue weighted by molar-refractivity contribution is -0.384. The second-order valence-electron chi connectivity index (χ2n) is 4.33. The Morgan fingerprint density at radius 2 is 1.95 bits per heavy atom. The third kappa shape index (κ3) is 3.30. The van der Waals surface area contributed by atoms with Crippen molar-refractivity contribution in [3.8, 4) is 10.4 Å². The van der Waals surface area contributed by atoms with Crippen molar-refractivity contribution in [2.75, 3.05) is 0 Å². The molecule has 3 rings (SSSR count). The van der Waals surface area contributed by atoms with E-state index in [0.717, 1.165) is 19.7 Å². The van der Waals surface area contributed by atoms with Crippen molar-refractivity contribution >= 4 is 40.4 Å². The molecule has 3 aromatic rings. The van der Waals surface area contributed by atoms with Crippen LogP contribution in [0.25, 0.3) is 10.4 Å². The molecule has 0 fully saturated rings. The van der Waals surface area contributed by atoms with E-state index in [1.54, 1.807) is 17.4 Å². The molecule has 1 aromatic heterocycles. The summed E-state index contributed by atoms with van der Waals surface area (Å²) in [5.74, 6) is 0. The molecule has 2 aromatic carbocycles. The monoisotopic (exact) mass is 348 g/mol. The Morgan fingerprint density at radius 3 is 2.64 bits per heavy atom. The molecular weight excluding hydrogens is 340 g/mol. The van der Waals surface area contributed by atoms with E-state index in [9.17, 15) is 10.1 Å². The fourth-order valence-electron chi connectivity index (χ4n) is 1.82. The second kappa shape index (κ2) is 6.48. The van der Waals surface area contributed by atoms with Gasteiger partial charge in [0.25, 0.3) is 5.69 Å². The van der Waals surface area contributed by atoms with Crippen molar-refractivity contribution in [1.82, 2.24) is 4.98 Å². The molecule has 0 saturated carbocycles. The van der Waals surface area contributed by atoms with Gasteiger partial charge in [-0.05, 0) is 11.6 Å². The molecule has 4 nitrogen and oxygen atoms in total. The zero-order valence-electron chi connectivity index (χ0n) is 11.1. The number of thiazole rings is 1. The second-order valence-corrected chi connectivity index (χ2v) is 7.06. The van der Waals surface area contributed by atoms with Crippen LogP contribution in [0.4, 0.5) is 5.69 Å². The van der Waals surface area contributed by atoms with Crippen LogP contribution in [0.15, 0.2) is 64.0 Å². The van der Waals surface area contributed by atoms with Crippen molar-refractivity contribution in [1.29, 1.82) is 0 Å². The van der Waals surface area contributed by atoms with Crippen molar-refractivity contribution in [3.05, 3.63) is 69.9 Å². The van der Waals surface area contributed by atoms with Gasteiger partial charge < -0.3 is 0 Å². The number of hydrogen-bond donors (Lipinski definition) is 0.